The van der Waals surface area contributed by atoms with Crippen molar-refractivity contribution in [3.05, 3.63) is 182 Å². The van der Waals surface area contributed by atoms with Crippen LogP contribution in [0.2, 0.25) is 0 Å². The second kappa shape index (κ2) is 11.9. The molecule has 10 rings (SSSR count). The monoisotopic (exact) mass is 654 g/mol. The van der Waals surface area contributed by atoms with E-state index in [1.165, 1.54) is 16.3 Å². The summed E-state index contributed by atoms with van der Waals surface area (Å²) in [7, 11) is 0. The van der Waals surface area contributed by atoms with Crippen molar-refractivity contribution in [2.75, 3.05) is 4.90 Å². The van der Waals surface area contributed by atoms with E-state index in [2.05, 4.69) is 138 Å². The fourth-order valence-electron chi connectivity index (χ4n) is 7.36. The highest BCUT2D eigenvalue weighted by molar-refractivity contribution is 6.21. The number of nitrogens with zero attached hydrogens (tertiary/aromatic N) is 2. The Morgan fingerprint density at radius 2 is 1.06 bits per heavy atom. The molecule has 240 valence electrons. The molecule has 0 spiro atoms. The molecule has 4 heteroatoms. The van der Waals surface area contributed by atoms with E-state index in [0.29, 0.717) is 11.5 Å². The summed E-state index contributed by atoms with van der Waals surface area (Å²) >= 11 is 0. The van der Waals surface area contributed by atoms with Gasteiger partial charge >= 0.3 is 0 Å². The van der Waals surface area contributed by atoms with E-state index in [4.69, 9.17) is 13.8 Å². The second-order valence-corrected chi connectivity index (χ2v) is 12.7. The molecule has 0 aliphatic heterocycles. The van der Waals surface area contributed by atoms with Crippen molar-refractivity contribution >= 4 is 60.9 Å². The van der Waals surface area contributed by atoms with Crippen LogP contribution in [-0.2, 0) is 0 Å². The molecule has 0 saturated carbocycles. The van der Waals surface area contributed by atoms with Gasteiger partial charge in [-0.05, 0) is 63.9 Å². The van der Waals surface area contributed by atoms with E-state index in [9.17, 15) is 0 Å². The van der Waals surface area contributed by atoms with Crippen LogP contribution in [0.3, 0.4) is 0 Å². The first kappa shape index (κ1) is 29.0. The Morgan fingerprint density at radius 1 is 0.431 bits per heavy atom. The van der Waals surface area contributed by atoms with Gasteiger partial charge in [-0.1, -0.05) is 140 Å². The van der Waals surface area contributed by atoms with E-state index in [1.807, 2.05) is 48.5 Å². The number of rotatable bonds is 6. The molecule has 0 bridgehead atoms. The van der Waals surface area contributed by atoms with E-state index in [0.717, 1.165) is 66.8 Å². The first-order valence-corrected chi connectivity index (χ1v) is 17.1. The molecule has 0 fully saturated rings. The van der Waals surface area contributed by atoms with Crippen molar-refractivity contribution in [3.63, 3.8) is 0 Å². The molecule has 8 aromatic carbocycles. The van der Waals surface area contributed by atoms with E-state index in [1.54, 1.807) is 0 Å². The van der Waals surface area contributed by atoms with Crippen molar-refractivity contribution < 1.29 is 8.83 Å². The molecule has 2 aromatic heterocycles. The van der Waals surface area contributed by atoms with Crippen LogP contribution >= 0.6 is 0 Å². The quantitative estimate of drug-likeness (QED) is 0.179. The van der Waals surface area contributed by atoms with Crippen molar-refractivity contribution in [2.45, 2.75) is 0 Å². The summed E-state index contributed by atoms with van der Waals surface area (Å²) in [5, 5.41) is 4.44. The lowest BCUT2D eigenvalue weighted by atomic mass is 9.97. The average molecular weight is 655 g/mol. The highest BCUT2D eigenvalue weighted by atomic mass is 16.4. The van der Waals surface area contributed by atoms with Crippen molar-refractivity contribution in [2.24, 2.45) is 0 Å². The summed E-state index contributed by atoms with van der Waals surface area (Å²) in [5.41, 5.74) is 11.4. The molecular formula is C47H30N2O2. The normalized spacial score (nSPS) is 11.5. The SMILES string of the molecule is c1ccc(-c2nc3c(N(c4ccc(-c5cccc6ccccc56)cc4)c4ccccc4-c4ccccc4)c4c(cc3o2)oc2ccccc24)cc1. The first-order valence-electron chi connectivity index (χ1n) is 17.1. The zero-order valence-corrected chi connectivity index (χ0v) is 27.5. The summed E-state index contributed by atoms with van der Waals surface area (Å²) in [6.45, 7) is 0. The molecular weight excluding hydrogens is 625 g/mol. The Hall–Kier alpha value is -6.91. The molecule has 2 heterocycles. The lowest BCUT2D eigenvalue weighted by Gasteiger charge is -2.28. The fourth-order valence-corrected chi connectivity index (χ4v) is 7.36. The summed E-state index contributed by atoms with van der Waals surface area (Å²) in [5.74, 6) is 0.561. The maximum Gasteiger partial charge on any atom is 0.227 e. The van der Waals surface area contributed by atoms with E-state index in [-0.39, 0.29) is 0 Å². The van der Waals surface area contributed by atoms with Gasteiger partial charge in [0.25, 0.3) is 0 Å². The molecule has 0 atom stereocenters. The van der Waals surface area contributed by atoms with Crippen LogP contribution in [0.4, 0.5) is 17.1 Å². The minimum atomic E-state index is 0.561. The van der Waals surface area contributed by atoms with Gasteiger partial charge in [-0.15, -0.1) is 0 Å². The van der Waals surface area contributed by atoms with Gasteiger partial charge < -0.3 is 13.7 Å². The van der Waals surface area contributed by atoms with Gasteiger partial charge in [-0.3, -0.25) is 0 Å². The number of fused-ring (bicyclic) bond motifs is 5. The molecule has 0 saturated heterocycles. The number of hydrogen-bond donors (Lipinski definition) is 0. The maximum atomic E-state index is 6.56. The number of oxazole rings is 1. The van der Waals surface area contributed by atoms with Gasteiger partial charge in [0.05, 0.1) is 16.8 Å². The number of benzene rings is 8. The van der Waals surface area contributed by atoms with Crippen molar-refractivity contribution in [1.82, 2.24) is 4.98 Å². The third kappa shape index (κ3) is 4.88. The summed E-state index contributed by atoms with van der Waals surface area (Å²) < 4.78 is 13.1. The molecule has 10 aromatic rings. The van der Waals surface area contributed by atoms with Crippen LogP contribution in [-0.4, -0.2) is 4.98 Å². The summed E-state index contributed by atoms with van der Waals surface area (Å²) in [6, 6.07) is 63.3. The van der Waals surface area contributed by atoms with Crippen LogP contribution in [0, 0.1) is 0 Å². The fraction of sp³-hybridized carbons (Fsp3) is 0. The van der Waals surface area contributed by atoms with E-state index < -0.39 is 0 Å². The highest BCUT2D eigenvalue weighted by Gasteiger charge is 2.27. The van der Waals surface area contributed by atoms with Gasteiger partial charge in [-0.2, -0.15) is 0 Å². The number of hydrogen-bond acceptors (Lipinski definition) is 4. The minimum absolute atomic E-state index is 0.561. The second-order valence-electron chi connectivity index (χ2n) is 12.7. The van der Waals surface area contributed by atoms with Gasteiger partial charge in [-0.25, -0.2) is 4.98 Å². The third-order valence-electron chi connectivity index (χ3n) is 9.70. The molecule has 0 N–H and O–H groups in total. The zero-order chi connectivity index (χ0) is 33.7. The van der Waals surface area contributed by atoms with Gasteiger partial charge in [0.2, 0.25) is 5.89 Å². The highest BCUT2D eigenvalue weighted by Crippen LogP contribution is 2.49. The molecule has 0 amide bonds. The lowest BCUT2D eigenvalue weighted by molar-refractivity contribution is 0.617. The van der Waals surface area contributed by atoms with Crippen LogP contribution in [0.15, 0.2) is 191 Å². The minimum Gasteiger partial charge on any atom is -0.456 e. The Kier molecular flexibility index (Phi) is 6.78. The average Bonchev–Trinajstić information content (AvgIpc) is 3.80. The van der Waals surface area contributed by atoms with Gasteiger partial charge in [0.1, 0.15) is 16.7 Å². The Labute approximate surface area is 294 Å². The zero-order valence-electron chi connectivity index (χ0n) is 27.5. The third-order valence-corrected chi connectivity index (χ3v) is 9.70. The smallest absolute Gasteiger partial charge is 0.227 e. The molecule has 0 unspecified atom stereocenters. The topological polar surface area (TPSA) is 42.4 Å². The number of aromatic nitrogens is 1. The van der Waals surface area contributed by atoms with E-state index >= 15 is 0 Å². The van der Waals surface area contributed by atoms with Crippen LogP contribution in [0.1, 0.15) is 0 Å². The van der Waals surface area contributed by atoms with Crippen molar-refractivity contribution in [1.29, 1.82) is 0 Å². The van der Waals surface area contributed by atoms with Gasteiger partial charge in [0, 0.05) is 28.3 Å². The van der Waals surface area contributed by atoms with Crippen molar-refractivity contribution in [3.8, 4) is 33.7 Å². The van der Waals surface area contributed by atoms with Gasteiger partial charge in [0.15, 0.2) is 5.58 Å². The number of furan rings is 1. The Bertz CT molecular complexity index is 2850. The predicted octanol–water partition coefficient (Wildman–Crippen LogP) is 13.4. The molecule has 4 nitrogen and oxygen atoms in total. The Morgan fingerprint density at radius 3 is 1.88 bits per heavy atom. The largest absolute Gasteiger partial charge is 0.456 e. The van der Waals surface area contributed by atoms with Crippen LogP contribution in [0.25, 0.3) is 77.5 Å². The lowest BCUT2D eigenvalue weighted by Crippen LogP contribution is -2.12. The summed E-state index contributed by atoms with van der Waals surface area (Å²) in [4.78, 5) is 7.58. The van der Waals surface area contributed by atoms with Crippen LogP contribution < -0.4 is 4.90 Å². The number of anilines is 3. The molecule has 0 radical (unpaired) electrons. The molecule has 0 aliphatic carbocycles. The summed E-state index contributed by atoms with van der Waals surface area (Å²) in [6.07, 6.45) is 0. The molecule has 51 heavy (non-hydrogen) atoms. The Balaban J connectivity index is 1.28. The van der Waals surface area contributed by atoms with Crippen LogP contribution in [0.5, 0.6) is 0 Å². The number of para-hydroxylation sites is 2. The maximum absolute atomic E-state index is 6.56. The molecule has 0 aliphatic rings. The first-order chi connectivity index (χ1) is 25.3. The standard InChI is InChI=1S/C47H30N2O2/c1-3-14-32(15-4-1)38-21-9-11-24-40(38)49(35-28-26-33(27-29-35)37-23-13-19-31-16-7-8-20-36(31)37)46-44-39-22-10-12-25-41(39)50-42(44)30-43-45(46)48-47(51-43)34-17-5-2-6-18-34/h1-30H. The predicted molar refractivity (Wildman–Crippen MR) is 210 cm³/mol.